The average molecular weight is 200 g/mol. The summed E-state index contributed by atoms with van der Waals surface area (Å²) in [5.41, 5.74) is 0. The van der Waals surface area contributed by atoms with E-state index in [1.807, 2.05) is 0 Å². The molecule has 0 aromatic heterocycles. The Morgan fingerprint density at radius 1 is 1.80 bits per heavy atom. The molecule has 2 heteroatoms. The molecule has 1 rings (SSSR count). The van der Waals surface area contributed by atoms with Gasteiger partial charge >= 0.3 is 0 Å². The van der Waals surface area contributed by atoms with E-state index in [0.717, 1.165) is 9.17 Å². The van der Waals surface area contributed by atoms with Crippen molar-refractivity contribution in [1.29, 1.82) is 0 Å². The molecular formula is C3H5IS. The lowest BCUT2D eigenvalue weighted by molar-refractivity contribution is 1.53. The summed E-state index contributed by atoms with van der Waals surface area (Å²) < 4.78 is 0.885. The molecule has 30 valence electrons. The Hall–Kier alpha value is 1.08. The number of thiol groups is 1. The molecule has 0 nitrogen and oxygen atoms in total. The lowest BCUT2D eigenvalue weighted by Gasteiger charge is -1.64. The molecule has 2 atom stereocenters. The molecule has 0 spiro atoms. The highest BCUT2D eigenvalue weighted by Gasteiger charge is 2.29. The van der Waals surface area contributed by atoms with Crippen LogP contribution in [-0.2, 0) is 0 Å². The van der Waals surface area contributed by atoms with Crippen LogP contribution < -0.4 is 0 Å². The van der Waals surface area contributed by atoms with E-state index in [0.29, 0.717) is 0 Å². The fourth-order valence-electron chi connectivity index (χ4n) is 0.152. The Labute approximate surface area is 50.9 Å². The highest BCUT2D eigenvalue weighted by Crippen LogP contribution is 2.34. The molecule has 5 heavy (non-hydrogen) atoms. The molecule has 0 radical (unpaired) electrons. The van der Waals surface area contributed by atoms with Crippen molar-refractivity contribution in [2.24, 2.45) is 0 Å². The zero-order valence-corrected chi connectivity index (χ0v) is 5.74. The van der Waals surface area contributed by atoms with E-state index in [4.69, 9.17) is 0 Å². The summed E-state index contributed by atoms with van der Waals surface area (Å²) >= 11 is 6.57. The molecule has 1 saturated carbocycles. The quantitative estimate of drug-likeness (QED) is 0.342. The van der Waals surface area contributed by atoms with Gasteiger partial charge in [0.05, 0.1) is 0 Å². The molecule has 0 saturated heterocycles. The molecule has 1 aliphatic rings. The van der Waals surface area contributed by atoms with E-state index in [-0.39, 0.29) is 0 Å². The van der Waals surface area contributed by atoms with Crippen LogP contribution in [0, 0.1) is 0 Å². The number of alkyl halides is 1. The third kappa shape index (κ3) is 0.961. The van der Waals surface area contributed by atoms with E-state index in [1.165, 1.54) is 6.42 Å². The van der Waals surface area contributed by atoms with Gasteiger partial charge in [-0.1, -0.05) is 22.6 Å². The Kier molecular flexibility index (Phi) is 1.10. The summed E-state index contributed by atoms with van der Waals surface area (Å²) in [6.07, 6.45) is 1.32. The minimum absolute atomic E-state index is 0.732. The molecule has 0 N–H and O–H groups in total. The number of halogens is 1. The van der Waals surface area contributed by atoms with E-state index in [2.05, 4.69) is 35.2 Å². The summed E-state index contributed by atoms with van der Waals surface area (Å²) in [7, 11) is 0. The summed E-state index contributed by atoms with van der Waals surface area (Å²) in [5.74, 6) is 0. The number of hydrogen-bond acceptors (Lipinski definition) is 1. The Bertz CT molecular complexity index is 40.2. The van der Waals surface area contributed by atoms with Gasteiger partial charge in [0.2, 0.25) is 0 Å². The second-order valence-corrected chi connectivity index (χ2v) is 3.58. The molecule has 1 aliphatic carbocycles. The third-order valence-corrected chi connectivity index (χ3v) is 3.20. The number of hydrogen-bond donors (Lipinski definition) is 1. The average Bonchev–Trinajstić information content (AvgIpc) is 1.79. The highest BCUT2D eigenvalue weighted by atomic mass is 127. The Morgan fingerprint density at radius 3 is 2.00 bits per heavy atom. The summed E-state index contributed by atoms with van der Waals surface area (Å²) in [5, 5.41) is 0.732. The lowest BCUT2D eigenvalue weighted by Crippen LogP contribution is -1.62. The van der Waals surface area contributed by atoms with Gasteiger partial charge in [-0.2, -0.15) is 12.6 Å². The van der Waals surface area contributed by atoms with Crippen LogP contribution in [0.2, 0.25) is 0 Å². The molecule has 0 aliphatic heterocycles. The van der Waals surface area contributed by atoms with Crippen LogP contribution >= 0.6 is 35.2 Å². The van der Waals surface area contributed by atoms with Crippen LogP contribution in [0.5, 0.6) is 0 Å². The SMILES string of the molecule is SC1C[C@H]1I. The fraction of sp³-hybridized carbons (Fsp3) is 1.00. The van der Waals surface area contributed by atoms with Crippen LogP contribution in [0.4, 0.5) is 0 Å². The zero-order chi connectivity index (χ0) is 3.86. The Morgan fingerprint density at radius 2 is 2.00 bits per heavy atom. The van der Waals surface area contributed by atoms with Gasteiger partial charge in [-0.05, 0) is 6.42 Å². The van der Waals surface area contributed by atoms with Crippen LogP contribution in [0.1, 0.15) is 6.42 Å². The van der Waals surface area contributed by atoms with Crippen molar-refractivity contribution in [1.82, 2.24) is 0 Å². The first-order chi connectivity index (χ1) is 2.30. The van der Waals surface area contributed by atoms with Gasteiger partial charge in [0.15, 0.2) is 0 Å². The van der Waals surface area contributed by atoms with Crippen LogP contribution in [0.3, 0.4) is 0 Å². The van der Waals surface area contributed by atoms with Gasteiger partial charge in [0.25, 0.3) is 0 Å². The van der Waals surface area contributed by atoms with Crippen molar-refractivity contribution < 1.29 is 0 Å². The minimum Gasteiger partial charge on any atom is -0.175 e. The molecule has 0 bridgehead atoms. The smallest absolute Gasteiger partial charge is 0.0237 e. The highest BCUT2D eigenvalue weighted by molar-refractivity contribution is 14.1. The van der Waals surface area contributed by atoms with Crippen LogP contribution in [0.25, 0.3) is 0 Å². The normalized spacial score (nSPS) is 49.2. The van der Waals surface area contributed by atoms with E-state index >= 15 is 0 Å². The van der Waals surface area contributed by atoms with E-state index in [1.54, 1.807) is 0 Å². The first-order valence-corrected chi connectivity index (χ1v) is 3.39. The predicted octanol–water partition coefficient (Wildman–Crippen LogP) is 1.49. The van der Waals surface area contributed by atoms with Gasteiger partial charge in [-0.15, -0.1) is 0 Å². The fourth-order valence-corrected chi connectivity index (χ4v) is 1.33. The number of rotatable bonds is 0. The van der Waals surface area contributed by atoms with Crippen molar-refractivity contribution in [3.8, 4) is 0 Å². The maximum absolute atomic E-state index is 4.16. The van der Waals surface area contributed by atoms with Crippen molar-refractivity contribution in [2.75, 3.05) is 0 Å². The Balaban J connectivity index is 2.20. The zero-order valence-electron chi connectivity index (χ0n) is 2.69. The molecular weight excluding hydrogens is 195 g/mol. The standard InChI is InChI=1S/C3H5IS/c4-2-1-3(2)5/h2-3,5H,1H2/t2-,3?/m1/s1. The maximum atomic E-state index is 4.16. The second-order valence-electron chi connectivity index (χ2n) is 1.32. The van der Waals surface area contributed by atoms with Crippen molar-refractivity contribution in [2.45, 2.75) is 15.6 Å². The summed E-state index contributed by atoms with van der Waals surface area (Å²) in [4.78, 5) is 0. The van der Waals surface area contributed by atoms with Gasteiger partial charge in [-0.3, -0.25) is 0 Å². The van der Waals surface area contributed by atoms with Crippen molar-refractivity contribution >= 4 is 35.2 Å². The van der Waals surface area contributed by atoms with Gasteiger partial charge in [-0.25, -0.2) is 0 Å². The lowest BCUT2D eigenvalue weighted by atomic mass is 11.0. The molecule has 0 aromatic rings. The molecule has 0 amide bonds. The van der Waals surface area contributed by atoms with Gasteiger partial charge < -0.3 is 0 Å². The molecule has 1 fully saturated rings. The largest absolute Gasteiger partial charge is 0.175 e. The van der Waals surface area contributed by atoms with Crippen LogP contribution in [-0.4, -0.2) is 9.17 Å². The topological polar surface area (TPSA) is 0 Å². The van der Waals surface area contributed by atoms with Crippen LogP contribution in [0.15, 0.2) is 0 Å². The van der Waals surface area contributed by atoms with E-state index < -0.39 is 0 Å². The summed E-state index contributed by atoms with van der Waals surface area (Å²) in [6.45, 7) is 0. The molecule has 0 aromatic carbocycles. The van der Waals surface area contributed by atoms with Crippen molar-refractivity contribution in [3.05, 3.63) is 0 Å². The first-order valence-electron chi connectivity index (χ1n) is 1.63. The third-order valence-electron chi connectivity index (χ3n) is 0.681. The van der Waals surface area contributed by atoms with Crippen molar-refractivity contribution in [3.63, 3.8) is 0 Å². The summed E-state index contributed by atoms with van der Waals surface area (Å²) in [6, 6.07) is 0. The first kappa shape index (κ1) is 4.24. The predicted molar refractivity (Wildman–Crippen MR) is 35.2 cm³/mol. The second kappa shape index (κ2) is 1.30. The van der Waals surface area contributed by atoms with Gasteiger partial charge in [0, 0.05) is 9.17 Å². The van der Waals surface area contributed by atoms with E-state index in [9.17, 15) is 0 Å². The van der Waals surface area contributed by atoms with Gasteiger partial charge in [0.1, 0.15) is 0 Å². The maximum Gasteiger partial charge on any atom is 0.0237 e. The minimum atomic E-state index is 0.732. The molecule has 1 unspecified atom stereocenters. The monoisotopic (exact) mass is 200 g/mol. The molecule has 0 heterocycles.